The van der Waals surface area contributed by atoms with Gasteiger partial charge in [-0.1, -0.05) is 38.7 Å². The van der Waals surface area contributed by atoms with Crippen LogP contribution < -0.4 is 0 Å². The van der Waals surface area contributed by atoms with Crippen LogP contribution in [0.5, 0.6) is 0 Å². The molecule has 0 bridgehead atoms. The average molecular weight is 292 g/mol. The Morgan fingerprint density at radius 1 is 1.00 bits per heavy atom. The Hall–Kier alpha value is -0.790. The van der Waals surface area contributed by atoms with Gasteiger partial charge in [0, 0.05) is 6.08 Å². The predicted octanol–water partition coefficient (Wildman–Crippen LogP) is 5.13. The standard InChI is InChI=1S/C19H32O2/c1-3-4-15-5-10-17(11-6-15)18-12-7-16(8-13-18)9-14-19(20)21-2/h9,14-18H,3-8,10-13H2,1-2H3/t15-,16-,17-,18-. The van der Waals surface area contributed by atoms with Gasteiger partial charge in [0.2, 0.25) is 0 Å². The van der Waals surface area contributed by atoms with E-state index < -0.39 is 0 Å². The van der Waals surface area contributed by atoms with Gasteiger partial charge in [-0.3, -0.25) is 0 Å². The van der Waals surface area contributed by atoms with Crippen LogP contribution in [0.25, 0.3) is 0 Å². The van der Waals surface area contributed by atoms with Crippen molar-refractivity contribution >= 4 is 5.97 Å². The lowest BCUT2D eigenvalue weighted by atomic mass is 9.69. The molecule has 2 saturated carbocycles. The zero-order chi connectivity index (χ0) is 15.1. The summed E-state index contributed by atoms with van der Waals surface area (Å²) in [6.45, 7) is 2.31. The Kier molecular flexibility index (Phi) is 6.79. The van der Waals surface area contributed by atoms with E-state index in [2.05, 4.69) is 17.7 Å². The van der Waals surface area contributed by atoms with Crippen LogP contribution in [0, 0.1) is 23.7 Å². The van der Waals surface area contributed by atoms with Crippen molar-refractivity contribution in [1.29, 1.82) is 0 Å². The lowest BCUT2D eigenvalue weighted by Gasteiger charge is -2.37. The second kappa shape index (κ2) is 8.60. The minimum absolute atomic E-state index is 0.216. The average Bonchev–Trinajstić information content (AvgIpc) is 2.54. The maximum Gasteiger partial charge on any atom is 0.330 e. The van der Waals surface area contributed by atoms with Crippen LogP contribution in [-0.2, 0) is 9.53 Å². The first-order valence-electron chi connectivity index (χ1n) is 8.99. The molecule has 21 heavy (non-hydrogen) atoms. The van der Waals surface area contributed by atoms with E-state index in [9.17, 15) is 4.79 Å². The minimum atomic E-state index is -0.216. The van der Waals surface area contributed by atoms with E-state index >= 15 is 0 Å². The first-order valence-corrected chi connectivity index (χ1v) is 8.99. The van der Waals surface area contributed by atoms with Crippen LogP contribution in [0.4, 0.5) is 0 Å². The molecule has 0 atom stereocenters. The van der Waals surface area contributed by atoms with Crippen LogP contribution in [0.3, 0.4) is 0 Å². The topological polar surface area (TPSA) is 26.3 Å². The zero-order valence-electron chi connectivity index (χ0n) is 13.9. The second-order valence-electron chi connectivity index (χ2n) is 7.13. The van der Waals surface area contributed by atoms with Gasteiger partial charge in [0.25, 0.3) is 0 Å². The van der Waals surface area contributed by atoms with E-state index in [1.165, 1.54) is 71.3 Å². The van der Waals surface area contributed by atoms with Gasteiger partial charge in [0.15, 0.2) is 0 Å². The number of hydrogen-bond acceptors (Lipinski definition) is 2. The zero-order valence-corrected chi connectivity index (χ0v) is 13.9. The van der Waals surface area contributed by atoms with Crippen LogP contribution >= 0.6 is 0 Å². The highest BCUT2D eigenvalue weighted by atomic mass is 16.5. The number of rotatable bonds is 5. The quantitative estimate of drug-likeness (QED) is 0.519. The molecule has 2 fully saturated rings. The third-order valence-electron chi connectivity index (χ3n) is 5.78. The smallest absolute Gasteiger partial charge is 0.330 e. The Morgan fingerprint density at radius 3 is 2.10 bits per heavy atom. The molecular weight excluding hydrogens is 260 g/mol. The third kappa shape index (κ3) is 5.16. The van der Waals surface area contributed by atoms with Gasteiger partial charge in [-0.25, -0.2) is 4.79 Å². The van der Waals surface area contributed by atoms with Gasteiger partial charge in [0.05, 0.1) is 7.11 Å². The SMILES string of the molecule is CCC[C@H]1CC[C@H]([C@H]2CC[C@H](C=CC(=O)OC)CC2)CC1. The molecule has 0 radical (unpaired) electrons. The van der Waals surface area contributed by atoms with Crippen molar-refractivity contribution < 1.29 is 9.53 Å². The molecule has 2 aliphatic carbocycles. The Labute approximate surface area is 130 Å². The molecule has 0 N–H and O–H groups in total. The lowest BCUT2D eigenvalue weighted by Crippen LogP contribution is -2.25. The number of ether oxygens (including phenoxy) is 1. The summed E-state index contributed by atoms with van der Waals surface area (Å²) in [5, 5.41) is 0. The van der Waals surface area contributed by atoms with Gasteiger partial charge < -0.3 is 4.74 Å². The van der Waals surface area contributed by atoms with E-state index in [1.54, 1.807) is 6.08 Å². The molecule has 0 unspecified atom stereocenters. The number of hydrogen-bond donors (Lipinski definition) is 0. The van der Waals surface area contributed by atoms with E-state index in [-0.39, 0.29) is 5.97 Å². The Morgan fingerprint density at radius 2 is 1.57 bits per heavy atom. The molecule has 2 heteroatoms. The molecule has 0 heterocycles. The van der Waals surface area contributed by atoms with Crippen LogP contribution in [0.15, 0.2) is 12.2 Å². The molecular formula is C19H32O2. The van der Waals surface area contributed by atoms with E-state index in [0.29, 0.717) is 5.92 Å². The van der Waals surface area contributed by atoms with Crippen molar-refractivity contribution in [3.8, 4) is 0 Å². The van der Waals surface area contributed by atoms with Gasteiger partial charge in [-0.15, -0.1) is 0 Å². The number of methoxy groups -OCH3 is 1. The van der Waals surface area contributed by atoms with E-state index in [4.69, 9.17) is 0 Å². The van der Waals surface area contributed by atoms with Gasteiger partial charge >= 0.3 is 5.97 Å². The maximum atomic E-state index is 11.1. The molecule has 0 aromatic carbocycles. The second-order valence-corrected chi connectivity index (χ2v) is 7.13. The highest BCUT2D eigenvalue weighted by Crippen LogP contribution is 2.42. The van der Waals surface area contributed by atoms with Crippen molar-refractivity contribution in [2.75, 3.05) is 7.11 Å². The molecule has 0 amide bonds. The normalized spacial score (nSPS) is 34.0. The highest BCUT2D eigenvalue weighted by Gasteiger charge is 2.30. The Balaban J connectivity index is 1.70. The molecule has 2 rings (SSSR count). The first kappa shape index (κ1) is 16.6. The fourth-order valence-electron chi connectivity index (χ4n) is 4.45. The van der Waals surface area contributed by atoms with Crippen molar-refractivity contribution in [1.82, 2.24) is 0 Å². The summed E-state index contributed by atoms with van der Waals surface area (Å²) in [7, 11) is 1.44. The molecule has 0 aromatic heterocycles. The van der Waals surface area contributed by atoms with Crippen LogP contribution in [-0.4, -0.2) is 13.1 Å². The summed E-state index contributed by atoms with van der Waals surface area (Å²) in [4.78, 5) is 11.1. The third-order valence-corrected chi connectivity index (χ3v) is 5.78. The molecule has 0 aromatic rings. The van der Waals surface area contributed by atoms with Crippen LogP contribution in [0.2, 0.25) is 0 Å². The summed E-state index contributed by atoms with van der Waals surface area (Å²) in [5.74, 6) is 3.34. The van der Waals surface area contributed by atoms with E-state index in [0.717, 1.165) is 17.8 Å². The summed E-state index contributed by atoms with van der Waals surface area (Å²) in [5.41, 5.74) is 0. The number of esters is 1. The van der Waals surface area contributed by atoms with Crippen molar-refractivity contribution in [3.63, 3.8) is 0 Å². The number of allylic oxidation sites excluding steroid dienone is 1. The largest absolute Gasteiger partial charge is 0.466 e. The summed E-state index contributed by atoms with van der Waals surface area (Å²) < 4.78 is 4.66. The summed E-state index contributed by atoms with van der Waals surface area (Å²) in [6.07, 6.45) is 17.6. The molecule has 0 aliphatic heterocycles. The molecule has 2 nitrogen and oxygen atoms in total. The number of carbonyl (C=O) groups excluding carboxylic acids is 1. The molecule has 120 valence electrons. The Bertz CT molecular complexity index is 331. The van der Waals surface area contributed by atoms with E-state index in [1.807, 2.05) is 0 Å². The molecule has 0 saturated heterocycles. The van der Waals surface area contributed by atoms with Gasteiger partial charge in [-0.2, -0.15) is 0 Å². The molecule has 0 spiro atoms. The fraction of sp³-hybridized carbons (Fsp3) is 0.842. The van der Waals surface area contributed by atoms with Crippen molar-refractivity contribution in [2.24, 2.45) is 23.7 Å². The van der Waals surface area contributed by atoms with Gasteiger partial charge in [-0.05, 0) is 62.2 Å². The maximum absolute atomic E-state index is 11.1. The summed E-state index contributed by atoms with van der Waals surface area (Å²) in [6, 6.07) is 0. The monoisotopic (exact) mass is 292 g/mol. The summed E-state index contributed by atoms with van der Waals surface area (Å²) >= 11 is 0. The first-order chi connectivity index (χ1) is 10.2. The lowest BCUT2D eigenvalue weighted by molar-refractivity contribution is -0.134. The van der Waals surface area contributed by atoms with Crippen molar-refractivity contribution in [2.45, 2.75) is 71.1 Å². The number of carbonyl (C=O) groups is 1. The minimum Gasteiger partial charge on any atom is -0.466 e. The highest BCUT2D eigenvalue weighted by molar-refractivity contribution is 5.81. The predicted molar refractivity (Wildman–Crippen MR) is 87.0 cm³/mol. The van der Waals surface area contributed by atoms with Gasteiger partial charge in [0.1, 0.15) is 0 Å². The van der Waals surface area contributed by atoms with Crippen LogP contribution in [0.1, 0.15) is 71.1 Å². The molecule has 2 aliphatic rings. The van der Waals surface area contributed by atoms with Crippen molar-refractivity contribution in [3.05, 3.63) is 12.2 Å². The fourth-order valence-corrected chi connectivity index (χ4v) is 4.45.